The van der Waals surface area contributed by atoms with Crippen molar-refractivity contribution in [1.29, 1.82) is 0 Å². The van der Waals surface area contributed by atoms with Crippen LogP contribution in [-0.4, -0.2) is 136 Å². The summed E-state index contributed by atoms with van der Waals surface area (Å²) >= 11 is 0. The number of aliphatic hydroxyl groups excluding tert-OH is 2. The maximum absolute atomic E-state index is 11.6. The topological polar surface area (TPSA) is 112 Å². The van der Waals surface area contributed by atoms with Gasteiger partial charge in [0.15, 0.2) is 0 Å². The maximum atomic E-state index is 11.6. The van der Waals surface area contributed by atoms with Crippen LogP contribution in [0.2, 0.25) is 0 Å². The summed E-state index contributed by atoms with van der Waals surface area (Å²) in [4.78, 5) is 23.2. The summed E-state index contributed by atoms with van der Waals surface area (Å²) < 4.78 is 24.1. The highest BCUT2D eigenvalue weighted by Crippen LogP contribution is 2.49. The highest BCUT2D eigenvalue weighted by molar-refractivity contribution is 5.87. The number of ether oxygens (including phenoxy) is 4. The predicted octanol–water partition coefficient (Wildman–Crippen LogP) is 5.45. The lowest BCUT2D eigenvalue weighted by molar-refractivity contribution is -0.893. The van der Waals surface area contributed by atoms with Crippen LogP contribution >= 0.6 is 0 Å². The summed E-state index contributed by atoms with van der Waals surface area (Å²) in [5, 5.41) is 21.3. The van der Waals surface area contributed by atoms with Gasteiger partial charge in [-0.05, 0) is 102 Å². The SMILES string of the molecule is C=C(C)C(=O)OCC[N+](C)(C)CC(O)CCCCOC1CCC(C(C)(C)C2CCC(OCC(O)C[N+](C)(C)CCOC(=O)C(=C)C)CC2)CC1. The van der Waals surface area contributed by atoms with Crippen LogP contribution in [0.4, 0.5) is 0 Å². The van der Waals surface area contributed by atoms with E-state index in [9.17, 15) is 19.8 Å². The van der Waals surface area contributed by atoms with Crippen molar-refractivity contribution >= 4 is 11.9 Å². The quantitative estimate of drug-likeness (QED) is 0.0624. The molecule has 2 aliphatic carbocycles. The second-order valence-electron chi connectivity index (χ2n) is 17.3. The van der Waals surface area contributed by atoms with Crippen LogP contribution < -0.4 is 0 Å². The van der Waals surface area contributed by atoms with Crippen molar-refractivity contribution < 1.29 is 47.7 Å². The summed E-state index contributed by atoms with van der Waals surface area (Å²) in [5.41, 5.74) is 1.09. The number of carbonyl (C=O) groups excluding carboxylic acids is 2. The standard InChI is InChI=1S/C40H74N2O8/c1-30(2)38(45)48-25-22-41(7,8)27-34(43)13-11-12-24-47-36-18-14-32(15-19-36)40(5,6)33-16-20-37(21-17-33)50-29-35(44)28-42(9,10)23-26-49-39(46)31(3)4/h32-37,43-44H,1,3,11-29H2,2,4-10H3/q+2. The number of rotatable bonds is 23. The molecule has 0 aromatic rings. The molecule has 0 spiro atoms. The number of likely N-dealkylation sites (N-methyl/N-ethyl adjacent to an activating group) is 2. The first-order valence-electron chi connectivity index (χ1n) is 19.2. The molecule has 2 fully saturated rings. The average molecular weight is 711 g/mol. The van der Waals surface area contributed by atoms with E-state index >= 15 is 0 Å². The number of hydrogen-bond donors (Lipinski definition) is 2. The minimum atomic E-state index is -0.561. The predicted molar refractivity (Wildman–Crippen MR) is 198 cm³/mol. The van der Waals surface area contributed by atoms with Gasteiger partial charge in [0.2, 0.25) is 0 Å². The van der Waals surface area contributed by atoms with Crippen molar-refractivity contribution in [3.8, 4) is 0 Å². The first-order valence-corrected chi connectivity index (χ1v) is 19.2. The van der Waals surface area contributed by atoms with Gasteiger partial charge < -0.3 is 38.1 Å². The third kappa shape index (κ3) is 16.7. The molecule has 0 heterocycles. The molecule has 10 nitrogen and oxygen atoms in total. The molecule has 290 valence electrons. The molecule has 2 atom stereocenters. The average Bonchev–Trinajstić information content (AvgIpc) is 3.03. The number of carbonyl (C=O) groups is 2. The monoisotopic (exact) mass is 711 g/mol. The zero-order valence-electron chi connectivity index (χ0n) is 33.1. The number of unbranched alkanes of at least 4 members (excludes halogenated alkanes) is 1. The Hall–Kier alpha value is -1.82. The highest BCUT2D eigenvalue weighted by Gasteiger charge is 2.41. The minimum absolute atomic E-state index is 0.206. The Labute approximate surface area is 304 Å². The molecule has 2 unspecified atom stereocenters. The summed E-state index contributed by atoms with van der Waals surface area (Å²) in [5.74, 6) is 0.661. The van der Waals surface area contributed by atoms with Crippen LogP contribution in [0, 0.1) is 17.3 Å². The van der Waals surface area contributed by atoms with E-state index in [0.29, 0.717) is 89.5 Å². The molecule has 0 aliphatic heterocycles. The van der Waals surface area contributed by atoms with E-state index in [4.69, 9.17) is 18.9 Å². The van der Waals surface area contributed by atoms with Gasteiger partial charge in [0.25, 0.3) is 0 Å². The number of aliphatic hydroxyl groups is 2. The molecule has 2 N–H and O–H groups in total. The van der Waals surface area contributed by atoms with Crippen molar-refractivity contribution in [1.82, 2.24) is 0 Å². The van der Waals surface area contributed by atoms with Crippen LogP contribution in [0.25, 0.3) is 0 Å². The van der Waals surface area contributed by atoms with E-state index in [1.54, 1.807) is 13.8 Å². The van der Waals surface area contributed by atoms with E-state index in [-0.39, 0.29) is 24.1 Å². The van der Waals surface area contributed by atoms with Crippen molar-refractivity contribution in [2.45, 2.75) is 123 Å². The minimum Gasteiger partial charge on any atom is -0.456 e. The Morgan fingerprint density at radius 2 is 1.10 bits per heavy atom. The zero-order valence-corrected chi connectivity index (χ0v) is 33.1. The van der Waals surface area contributed by atoms with Crippen LogP contribution in [0.15, 0.2) is 24.3 Å². The smallest absolute Gasteiger partial charge is 0.333 e. The third-order valence-electron chi connectivity index (χ3n) is 11.2. The lowest BCUT2D eigenvalue weighted by atomic mass is 9.60. The number of quaternary nitrogens is 2. The van der Waals surface area contributed by atoms with Gasteiger partial charge in [0, 0.05) is 17.8 Å². The van der Waals surface area contributed by atoms with E-state index in [1.807, 2.05) is 28.2 Å². The molecule has 2 saturated carbocycles. The molecule has 2 aliphatic rings. The van der Waals surface area contributed by atoms with Gasteiger partial charge in [-0.3, -0.25) is 0 Å². The number of nitrogens with zero attached hydrogens (tertiary/aromatic N) is 2. The molecule has 0 saturated heterocycles. The Morgan fingerprint density at radius 3 is 1.54 bits per heavy atom. The molecule has 0 aromatic heterocycles. The molecule has 50 heavy (non-hydrogen) atoms. The Kier molecular flexibility index (Phi) is 18.6. The molecule has 10 heteroatoms. The fourth-order valence-corrected chi connectivity index (χ4v) is 7.74. The fourth-order valence-electron chi connectivity index (χ4n) is 7.74. The summed E-state index contributed by atoms with van der Waals surface area (Å²) in [7, 11) is 8.15. The van der Waals surface area contributed by atoms with Gasteiger partial charge in [-0.25, -0.2) is 9.59 Å². The number of hydrogen-bond acceptors (Lipinski definition) is 8. The van der Waals surface area contributed by atoms with Crippen LogP contribution in [0.1, 0.15) is 98.3 Å². The van der Waals surface area contributed by atoms with Gasteiger partial charge in [-0.2, -0.15) is 0 Å². The second-order valence-corrected chi connectivity index (χ2v) is 17.3. The van der Waals surface area contributed by atoms with Crippen molar-refractivity contribution in [3.63, 3.8) is 0 Å². The normalized spacial score (nSPS) is 23.2. The lowest BCUT2D eigenvalue weighted by Crippen LogP contribution is -2.49. The molecule has 0 radical (unpaired) electrons. The molecule has 0 bridgehead atoms. The first kappa shape index (κ1) is 44.3. The van der Waals surface area contributed by atoms with Gasteiger partial charge in [-0.1, -0.05) is 27.0 Å². The van der Waals surface area contributed by atoms with Crippen LogP contribution in [0.5, 0.6) is 0 Å². The van der Waals surface area contributed by atoms with E-state index < -0.39 is 6.10 Å². The van der Waals surface area contributed by atoms with Crippen LogP contribution in [0.3, 0.4) is 0 Å². The second kappa shape index (κ2) is 21.0. The van der Waals surface area contributed by atoms with Gasteiger partial charge in [0.05, 0.1) is 47.0 Å². The highest BCUT2D eigenvalue weighted by atomic mass is 16.5. The van der Waals surface area contributed by atoms with Crippen molar-refractivity contribution in [3.05, 3.63) is 24.3 Å². The molecule has 0 amide bonds. The maximum Gasteiger partial charge on any atom is 0.333 e. The summed E-state index contributed by atoms with van der Waals surface area (Å²) in [6.45, 7) is 19.6. The third-order valence-corrected chi connectivity index (χ3v) is 11.2. The lowest BCUT2D eigenvalue weighted by Gasteiger charge is -2.46. The van der Waals surface area contributed by atoms with Crippen molar-refractivity contribution in [2.75, 3.05) is 80.8 Å². The molecular formula is C40H74N2O8+2. The van der Waals surface area contributed by atoms with Gasteiger partial charge >= 0.3 is 11.9 Å². The Balaban J connectivity index is 1.59. The van der Waals surface area contributed by atoms with E-state index in [2.05, 4.69) is 27.0 Å². The Morgan fingerprint density at radius 1 is 0.680 bits per heavy atom. The zero-order chi connectivity index (χ0) is 37.5. The molecule has 2 rings (SSSR count). The largest absolute Gasteiger partial charge is 0.456 e. The first-order chi connectivity index (χ1) is 23.3. The van der Waals surface area contributed by atoms with E-state index in [1.165, 1.54) is 25.7 Å². The van der Waals surface area contributed by atoms with Gasteiger partial charge in [0.1, 0.15) is 51.6 Å². The van der Waals surface area contributed by atoms with Gasteiger partial charge in [-0.15, -0.1) is 0 Å². The fraction of sp³-hybridized carbons (Fsp3) is 0.850. The number of esters is 2. The molecule has 0 aromatic carbocycles. The molecular weight excluding hydrogens is 636 g/mol. The Bertz CT molecular complexity index is 1060. The van der Waals surface area contributed by atoms with E-state index in [0.717, 1.165) is 51.6 Å². The van der Waals surface area contributed by atoms with Crippen LogP contribution in [-0.2, 0) is 28.5 Å². The summed E-state index contributed by atoms with van der Waals surface area (Å²) in [6, 6.07) is 0. The van der Waals surface area contributed by atoms with Crippen molar-refractivity contribution in [2.24, 2.45) is 17.3 Å². The summed E-state index contributed by atoms with van der Waals surface area (Å²) in [6.07, 6.45) is 11.4.